The number of likely N-dealkylation sites (tertiary alicyclic amines) is 1. The predicted octanol–water partition coefficient (Wildman–Crippen LogP) is 2.74. The van der Waals surface area contributed by atoms with E-state index in [1.165, 1.54) is 30.5 Å². The molecule has 1 aliphatic rings. The van der Waals surface area contributed by atoms with Gasteiger partial charge in [-0.3, -0.25) is 4.98 Å². The average Bonchev–Trinajstić information content (AvgIpc) is 2.39. The molecule has 1 saturated heterocycles. The summed E-state index contributed by atoms with van der Waals surface area (Å²) in [5.41, 5.74) is 2.27. The molecule has 0 saturated carbocycles. The Kier molecular flexibility index (Phi) is 3.15. The molecule has 0 amide bonds. The average molecular weight is 241 g/mol. The van der Waals surface area contributed by atoms with Crippen LogP contribution < -0.4 is 5.32 Å². The van der Waals surface area contributed by atoms with Crippen molar-refractivity contribution >= 4 is 16.6 Å². The Labute approximate surface area is 108 Å². The number of hydrogen-bond acceptors (Lipinski definition) is 3. The Bertz CT molecular complexity index is 533. The quantitative estimate of drug-likeness (QED) is 0.876. The van der Waals surface area contributed by atoms with Crippen LogP contribution in [0.1, 0.15) is 12.8 Å². The number of nitrogens with zero attached hydrogens (tertiary/aromatic N) is 2. The first-order valence-electron chi connectivity index (χ1n) is 6.62. The number of likely N-dealkylation sites (N-methyl/N-ethyl adjacent to an activating group) is 1. The largest absolute Gasteiger partial charge is 0.380 e. The summed E-state index contributed by atoms with van der Waals surface area (Å²) in [7, 11) is 2.19. The van der Waals surface area contributed by atoms with Gasteiger partial charge >= 0.3 is 0 Å². The molecule has 94 valence electrons. The van der Waals surface area contributed by atoms with Gasteiger partial charge in [-0.1, -0.05) is 18.2 Å². The molecule has 1 N–H and O–H groups in total. The summed E-state index contributed by atoms with van der Waals surface area (Å²) in [6.45, 7) is 2.34. The number of piperidine rings is 1. The van der Waals surface area contributed by atoms with E-state index >= 15 is 0 Å². The molecule has 1 fully saturated rings. The molecule has 0 spiro atoms. The van der Waals surface area contributed by atoms with E-state index in [1.54, 1.807) is 0 Å². The highest BCUT2D eigenvalue weighted by molar-refractivity contribution is 5.90. The normalized spacial score (nSPS) is 21.1. The third-order valence-electron chi connectivity index (χ3n) is 3.63. The van der Waals surface area contributed by atoms with Crippen LogP contribution in [0.4, 0.5) is 5.69 Å². The van der Waals surface area contributed by atoms with Crippen LogP contribution in [0.25, 0.3) is 10.9 Å². The molecule has 2 heterocycles. The standard InChI is InChI=1S/C15H19N3/c1-18-10-4-5-12(11-18)17-15-8-9-16-14-7-3-2-6-13(14)15/h2-3,6-9,12H,4-5,10-11H2,1H3,(H,16,17). The summed E-state index contributed by atoms with van der Waals surface area (Å²) in [6, 6.07) is 10.9. The highest BCUT2D eigenvalue weighted by Crippen LogP contribution is 2.23. The Morgan fingerprint density at radius 3 is 3.06 bits per heavy atom. The molecule has 3 nitrogen and oxygen atoms in total. The maximum Gasteiger partial charge on any atom is 0.0722 e. The highest BCUT2D eigenvalue weighted by atomic mass is 15.1. The predicted molar refractivity (Wildman–Crippen MR) is 75.9 cm³/mol. The number of aromatic nitrogens is 1. The van der Waals surface area contributed by atoms with Gasteiger partial charge in [0.2, 0.25) is 0 Å². The fourth-order valence-electron chi connectivity index (χ4n) is 2.73. The van der Waals surface area contributed by atoms with Crippen LogP contribution in [0.3, 0.4) is 0 Å². The van der Waals surface area contributed by atoms with Crippen molar-refractivity contribution in [3.05, 3.63) is 36.5 Å². The Balaban J connectivity index is 1.86. The molecule has 18 heavy (non-hydrogen) atoms. The van der Waals surface area contributed by atoms with Gasteiger partial charge in [0.15, 0.2) is 0 Å². The van der Waals surface area contributed by atoms with Gasteiger partial charge < -0.3 is 10.2 Å². The van der Waals surface area contributed by atoms with Crippen molar-refractivity contribution in [3.63, 3.8) is 0 Å². The van der Waals surface area contributed by atoms with Crippen molar-refractivity contribution in [2.75, 3.05) is 25.5 Å². The van der Waals surface area contributed by atoms with Crippen molar-refractivity contribution in [1.82, 2.24) is 9.88 Å². The number of pyridine rings is 1. The monoisotopic (exact) mass is 241 g/mol. The Hall–Kier alpha value is -1.61. The van der Waals surface area contributed by atoms with E-state index in [1.807, 2.05) is 12.3 Å². The van der Waals surface area contributed by atoms with Crippen LogP contribution >= 0.6 is 0 Å². The van der Waals surface area contributed by atoms with E-state index < -0.39 is 0 Å². The smallest absolute Gasteiger partial charge is 0.0722 e. The van der Waals surface area contributed by atoms with Crippen molar-refractivity contribution < 1.29 is 0 Å². The lowest BCUT2D eigenvalue weighted by Crippen LogP contribution is -2.39. The first-order chi connectivity index (χ1) is 8.83. The molecule has 0 radical (unpaired) electrons. The topological polar surface area (TPSA) is 28.2 Å². The number of rotatable bonds is 2. The number of fused-ring (bicyclic) bond motifs is 1. The number of para-hydroxylation sites is 1. The highest BCUT2D eigenvalue weighted by Gasteiger charge is 2.17. The zero-order valence-electron chi connectivity index (χ0n) is 10.8. The number of hydrogen-bond donors (Lipinski definition) is 1. The number of nitrogens with one attached hydrogen (secondary N) is 1. The van der Waals surface area contributed by atoms with Gasteiger partial charge in [0.25, 0.3) is 0 Å². The molecule has 3 rings (SSSR count). The second kappa shape index (κ2) is 4.94. The van der Waals surface area contributed by atoms with Crippen molar-refractivity contribution in [1.29, 1.82) is 0 Å². The van der Waals surface area contributed by atoms with Crippen molar-refractivity contribution in [2.24, 2.45) is 0 Å². The van der Waals surface area contributed by atoms with Crippen LogP contribution in [0.15, 0.2) is 36.5 Å². The van der Waals surface area contributed by atoms with E-state index in [-0.39, 0.29) is 0 Å². The summed E-state index contributed by atoms with van der Waals surface area (Å²) in [5, 5.41) is 4.89. The van der Waals surface area contributed by atoms with Crippen LogP contribution in [0, 0.1) is 0 Å². The fourth-order valence-corrected chi connectivity index (χ4v) is 2.73. The van der Waals surface area contributed by atoms with Gasteiger partial charge in [0.05, 0.1) is 5.52 Å². The molecule has 1 aromatic heterocycles. The van der Waals surface area contributed by atoms with E-state index in [0.29, 0.717) is 6.04 Å². The molecular formula is C15H19N3. The molecule has 2 aromatic rings. The molecule has 1 atom stereocenters. The van der Waals surface area contributed by atoms with Crippen LogP contribution in [-0.2, 0) is 0 Å². The Morgan fingerprint density at radius 2 is 2.17 bits per heavy atom. The minimum absolute atomic E-state index is 0.551. The van der Waals surface area contributed by atoms with Crippen LogP contribution in [-0.4, -0.2) is 36.1 Å². The molecule has 1 aliphatic heterocycles. The number of anilines is 1. The van der Waals surface area contributed by atoms with E-state index in [2.05, 4.69) is 46.5 Å². The summed E-state index contributed by atoms with van der Waals surface area (Å²) in [4.78, 5) is 6.79. The van der Waals surface area contributed by atoms with Crippen LogP contribution in [0.5, 0.6) is 0 Å². The minimum Gasteiger partial charge on any atom is -0.380 e. The van der Waals surface area contributed by atoms with Gasteiger partial charge in [-0.15, -0.1) is 0 Å². The van der Waals surface area contributed by atoms with Gasteiger partial charge in [0.1, 0.15) is 0 Å². The number of benzene rings is 1. The van der Waals surface area contributed by atoms with Crippen molar-refractivity contribution in [2.45, 2.75) is 18.9 Å². The summed E-state index contributed by atoms with van der Waals surface area (Å²) >= 11 is 0. The first kappa shape index (κ1) is 11.5. The van der Waals surface area contributed by atoms with Crippen LogP contribution in [0.2, 0.25) is 0 Å². The maximum atomic E-state index is 4.40. The lowest BCUT2D eigenvalue weighted by molar-refractivity contribution is 0.261. The summed E-state index contributed by atoms with van der Waals surface area (Å²) in [6.07, 6.45) is 4.41. The first-order valence-corrected chi connectivity index (χ1v) is 6.62. The molecule has 0 aliphatic carbocycles. The zero-order valence-corrected chi connectivity index (χ0v) is 10.8. The zero-order chi connectivity index (χ0) is 12.4. The van der Waals surface area contributed by atoms with E-state index in [4.69, 9.17) is 0 Å². The van der Waals surface area contributed by atoms with E-state index in [9.17, 15) is 0 Å². The Morgan fingerprint density at radius 1 is 1.28 bits per heavy atom. The molecule has 1 aromatic carbocycles. The maximum absolute atomic E-state index is 4.40. The molecular weight excluding hydrogens is 222 g/mol. The SMILES string of the molecule is CN1CCCC(Nc2ccnc3ccccc23)C1. The lowest BCUT2D eigenvalue weighted by Gasteiger charge is -2.31. The molecule has 3 heteroatoms. The second-order valence-corrected chi connectivity index (χ2v) is 5.12. The lowest BCUT2D eigenvalue weighted by atomic mass is 10.1. The van der Waals surface area contributed by atoms with Gasteiger partial charge in [-0.2, -0.15) is 0 Å². The third kappa shape index (κ3) is 2.31. The fraction of sp³-hybridized carbons (Fsp3) is 0.400. The second-order valence-electron chi connectivity index (χ2n) is 5.12. The summed E-state index contributed by atoms with van der Waals surface area (Å²) < 4.78 is 0. The third-order valence-corrected chi connectivity index (χ3v) is 3.63. The van der Waals surface area contributed by atoms with Crippen molar-refractivity contribution in [3.8, 4) is 0 Å². The van der Waals surface area contributed by atoms with E-state index in [0.717, 1.165) is 12.1 Å². The summed E-state index contributed by atoms with van der Waals surface area (Å²) in [5.74, 6) is 0. The van der Waals surface area contributed by atoms with Gasteiger partial charge in [-0.25, -0.2) is 0 Å². The molecule has 0 bridgehead atoms. The van der Waals surface area contributed by atoms with Gasteiger partial charge in [0, 0.05) is 29.9 Å². The minimum atomic E-state index is 0.551. The van der Waals surface area contributed by atoms with Gasteiger partial charge in [-0.05, 0) is 38.6 Å². The molecule has 1 unspecified atom stereocenters.